The van der Waals surface area contributed by atoms with Gasteiger partial charge in [-0.25, -0.2) is 0 Å². The lowest BCUT2D eigenvalue weighted by Gasteiger charge is -2.39. The Morgan fingerprint density at radius 1 is 1.00 bits per heavy atom. The van der Waals surface area contributed by atoms with Gasteiger partial charge in [-0.2, -0.15) is 0 Å². The molecule has 0 spiro atoms. The van der Waals surface area contributed by atoms with Gasteiger partial charge in [-0.1, -0.05) is 6.07 Å². The smallest absolute Gasteiger partial charge is 0.317 e. The standard InChI is InChI=1S/C25H24O14/c1-35-15-4-10(2-3-13(15)26)12-8-36-16-6-11(5-14(27)20(16)21(12)31)38-25-24(34)23(33)22(32)17(39-25)9-37-19(30)7-18(28)29/h2-6,8,17,22-27,32-34H,7,9H2,1H3,(H,28,29)/t17-,22-,23+,24-,25-/m1/s1. The van der Waals surface area contributed by atoms with Crippen LogP contribution in [0.15, 0.2) is 45.8 Å². The first-order valence-corrected chi connectivity index (χ1v) is 11.4. The molecule has 5 atom stereocenters. The average molecular weight is 548 g/mol. The molecule has 6 N–H and O–H groups in total. The molecule has 0 saturated carbocycles. The number of ether oxygens (including phenoxy) is 4. The summed E-state index contributed by atoms with van der Waals surface area (Å²) >= 11 is 0. The summed E-state index contributed by atoms with van der Waals surface area (Å²) in [5.74, 6) is -3.27. The molecule has 1 aromatic heterocycles. The zero-order valence-corrected chi connectivity index (χ0v) is 20.2. The second kappa shape index (κ2) is 11.2. The molecule has 1 fully saturated rings. The Hall–Kier alpha value is -4.37. The maximum Gasteiger partial charge on any atom is 0.317 e. The molecule has 1 aliphatic rings. The number of benzene rings is 2. The van der Waals surface area contributed by atoms with Gasteiger partial charge in [-0.05, 0) is 17.7 Å². The molecule has 4 rings (SSSR count). The minimum Gasteiger partial charge on any atom is -0.507 e. The average Bonchev–Trinajstić information content (AvgIpc) is 2.88. The molecule has 0 amide bonds. The largest absolute Gasteiger partial charge is 0.507 e. The zero-order chi connectivity index (χ0) is 28.4. The molecular formula is C25H24O14. The molecule has 39 heavy (non-hydrogen) atoms. The van der Waals surface area contributed by atoms with E-state index < -0.39 is 66.9 Å². The van der Waals surface area contributed by atoms with Crippen LogP contribution in [0.2, 0.25) is 0 Å². The lowest BCUT2D eigenvalue weighted by atomic mass is 9.99. The van der Waals surface area contributed by atoms with Crippen molar-refractivity contribution in [2.45, 2.75) is 37.1 Å². The first-order chi connectivity index (χ1) is 18.5. The Labute approximate surface area is 218 Å². The fourth-order valence-electron chi connectivity index (χ4n) is 3.96. The number of carboxylic acids is 1. The van der Waals surface area contributed by atoms with Gasteiger partial charge in [0, 0.05) is 12.1 Å². The minimum absolute atomic E-state index is 0.0631. The highest BCUT2D eigenvalue weighted by atomic mass is 16.7. The molecule has 3 aromatic rings. The summed E-state index contributed by atoms with van der Waals surface area (Å²) in [4.78, 5) is 35.3. The summed E-state index contributed by atoms with van der Waals surface area (Å²) in [5, 5.41) is 59.5. The van der Waals surface area contributed by atoms with Crippen molar-refractivity contribution < 1.29 is 63.6 Å². The Morgan fingerprint density at radius 2 is 1.74 bits per heavy atom. The number of aromatic hydroxyl groups is 2. The number of rotatable bonds is 8. The first kappa shape index (κ1) is 27.7. The number of esters is 1. The topological polar surface area (TPSA) is 223 Å². The zero-order valence-electron chi connectivity index (χ0n) is 20.2. The monoisotopic (exact) mass is 548 g/mol. The number of aliphatic carboxylic acids is 1. The fraction of sp³-hybridized carbons (Fsp3) is 0.320. The Morgan fingerprint density at radius 3 is 2.44 bits per heavy atom. The molecule has 0 unspecified atom stereocenters. The van der Waals surface area contributed by atoms with E-state index in [1.807, 2.05) is 0 Å². The van der Waals surface area contributed by atoms with Gasteiger partial charge in [0.2, 0.25) is 11.7 Å². The molecule has 0 aliphatic carbocycles. The molecule has 14 heteroatoms. The van der Waals surface area contributed by atoms with Gasteiger partial charge in [-0.15, -0.1) is 0 Å². The molecular weight excluding hydrogens is 524 g/mol. The number of phenols is 2. The lowest BCUT2D eigenvalue weighted by Crippen LogP contribution is -2.60. The summed E-state index contributed by atoms with van der Waals surface area (Å²) in [6, 6.07) is 6.46. The summed E-state index contributed by atoms with van der Waals surface area (Å²) < 4.78 is 26.3. The van der Waals surface area contributed by atoms with Crippen molar-refractivity contribution in [3.63, 3.8) is 0 Å². The third kappa shape index (κ3) is 5.73. The van der Waals surface area contributed by atoms with Crippen LogP contribution in [0.1, 0.15) is 6.42 Å². The summed E-state index contributed by atoms with van der Waals surface area (Å²) in [5.41, 5.74) is -0.298. The van der Waals surface area contributed by atoms with Crippen LogP contribution in [0.5, 0.6) is 23.0 Å². The van der Waals surface area contributed by atoms with Crippen LogP contribution in [0, 0.1) is 0 Å². The van der Waals surface area contributed by atoms with Crippen molar-refractivity contribution >= 4 is 22.9 Å². The van der Waals surface area contributed by atoms with E-state index in [2.05, 4.69) is 0 Å². The highest BCUT2D eigenvalue weighted by molar-refractivity contribution is 5.90. The Kier molecular flexibility index (Phi) is 7.92. The predicted molar refractivity (Wildman–Crippen MR) is 128 cm³/mol. The predicted octanol–water partition coefficient (Wildman–Crippen LogP) is 0.0841. The number of phenolic OH excluding ortho intramolecular Hbond substituents is 2. The number of hydrogen-bond donors (Lipinski definition) is 6. The van der Waals surface area contributed by atoms with Crippen molar-refractivity contribution in [1.29, 1.82) is 0 Å². The second-order valence-corrected chi connectivity index (χ2v) is 8.57. The molecule has 208 valence electrons. The third-order valence-corrected chi connectivity index (χ3v) is 5.95. The van der Waals surface area contributed by atoms with Crippen molar-refractivity contribution in [1.82, 2.24) is 0 Å². The van der Waals surface area contributed by atoms with E-state index >= 15 is 0 Å². The van der Waals surface area contributed by atoms with Gasteiger partial charge in [0.1, 0.15) is 66.2 Å². The number of fused-ring (bicyclic) bond motifs is 1. The van der Waals surface area contributed by atoms with Gasteiger partial charge in [-0.3, -0.25) is 14.4 Å². The maximum atomic E-state index is 13.1. The summed E-state index contributed by atoms with van der Waals surface area (Å²) in [6.45, 7) is -0.653. The van der Waals surface area contributed by atoms with E-state index in [9.17, 15) is 39.9 Å². The molecule has 1 saturated heterocycles. The molecule has 1 aliphatic heterocycles. The van der Waals surface area contributed by atoms with Crippen molar-refractivity contribution in [2.75, 3.05) is 13.7 Å². The Balaban J connectivity index is 1.58. The minimum atomic E-state index is -1.80. The van der Waals surface area contributed by atoms with Gasteiger partial charge < -0.3 is 54.0 Å². The van der Waals surface area contributed by atoms with Gasteiger partial charge in [0.25, 0.3) is 0 Å². The van der Waals surface area contributed by atoms with Crippen molar-refractivity contribution in [2.24, 2.45) is 0 Å². The van der Waals surface area contributed by atoms with Gasteiger partial charge in [0.05, 0.1) is 12.7 Å². The number of carbonyl (C=O) groups excluding carboxylic acids is 1. The first-order valence-electron chi connectivity index (χ1n) is 11.4. The molecule has 2 heterocycles. The van der Waals surface area contributed by atoms with Crippen LogP contribution in [0.25, 0.3) is 22.1 Å². The number of carbonyl (C=O) groups is 2. The van der Waals surface area contributed by atoms with E-state index in [1.165, 1.54) is 31.4 Å². The van der Waals surface area contributed by atoms with E-state index in [0.29, 0.717) is 5.56 Å². The van der Waals surface area contributed by atoms with E-state index in [-0.39, 0.29) is 33.8 Å². The quantitative estimate of drug-likeness (QED) is 0.162. The van der Waals surface area contributed by atoms with Crippen LogP contribution < -0.4 is 14.9 Å². The van der Waals surface area contributed by atoms with Crippen LogP contribution >= 0.6 is 0 Å². The van der Waals surface area contributed by atoms with Crippen LogP contribution in [0.3, 0.4) is 0 Å². The van der Waals surface area contributed by atoms with Crippen LogP contribution in [-0.4, -0.2) is 87.0 Å². The molecule has 0 radical (unpaired) electrons. The number of carboxylic acid groups (broad SMARTS) is 1. The van der Waals surface area contributed by atoms with Crippen molar-refractivity contribution in [3.05, 3.63) is 46.8 Å². The SMILES string of the molecule is COc1cc(-c2coc3cc(O[C@@H]4O[C@H](COC(=O)CC(=O)O)[C@@H](O)[C@H](O)[C@H]4O)cc(O)c3c2=O)ccc1O. The van der Waals surface area contributed by atoms with Crippen LogP contribution in [-0.2, 0) is 19.1 Å². The normalized spacial score (nSPS) is 22.8. The van der Waals surface area contributed by atoms with E-state index in [1.54, 1.807) is 0 Å². The number of methoxy groups -OCH3 is 1. The van der Waals surface area contributed by atoms with E-state index in [4.69, 9.17) is 28.5 Å². The second-order valence-electron chi connectivity index (χ2n) is 8.57. The Bertz CT molecular complexity index is 1450. The number of aliphatic hydroxyl groups excluding tert-OH is 3. The van der Waals surface area contributed by atoms with Crippen LogP contribution in [0.4, 0.5) is 0 Å². The number of hydrogen-bond acceptors (Lipinski definition) is 13. The third-order valence-electron chi connectivity index (χ3n) is 5.95. The molecule has 2 aromatic carbocycles. The highest BCUT2D eigenvalue weighted by Gasteiger charge is 2.45. The summed E-state index contributed by atoms with van der Waals surface area (Å²) in [6.07, 6.45) is -8.14. The van der Waals surface area contributed by atoms with Gasteiger partial charge in [0.15, 0.2) is 11.5 Å². The highest BCUT2D eigenvalue weighted by Crippen LogP contribution is 2.34. The number of aliphatic hydroxyl groups is 3. The van der Waals surface area contributed by atoms with E-state index in [0.717, 1.165) is 12.3 Å². The molecule has 14 nitrogen and oxygen atoms in total. The summed E-state index contributed by atoms with van der Waals surface area (Å²) in [7, 11) is 1.34. The molecule has 0 bridgehead atoms. The maximum absolute atomic E-state index is 13.1. The van der Waals surface area contributed by atoms with Crippen molar-refractivity contribution in [3.8, 4) is 34.1 Å². The van der Waals surface area contributed by atoms with Gasteiger partial charge >= 0.3 is 11.9 Å². The lowest BCUT2D eigenvalue weighted by molar-refractivity contribution is -0.278. The fourth-order valence-corrected chi connectivity index (χ4v) is 3.96.